The Morgan fingerprint density at radius 2 is 1.71 bits per heavy atom. The molecule has 1 saturated heterocycles. The van der Waals surface area contributed by atoms with Crippen LogP contribution in [-0.2, 0) is 16.7 Å². The first-order valence-corrected chi connectivity index (χ1v) is 11.1. The van der Waals surface area contributed by atoms with Crippen LogP contribution < -0.4 is 0 Å². The number of benzene rings is 2. The van der Waals surface area contributed by atoms with E-state index in [9.17, 15) is 8.42 Å². The Hall–Kier alpha value is -2.00. The molecule has 3 aromatic rings. The molecule has 0 saturated carbocycles. The van der Waals surface area contributed by atoms with Crippen molar-refractivity contribution in [1.82, 2.24) is 13.8 Å². The van der Waals surface area contributed by atoms with Crippen LogP contribution in [0.2, 0.25) is 0 Å². The molecule has 2 aromatic carbocycles. The van der Waals surface area contributed by atoms with E-state index in [1.54, 1.807) is 16.4 Å². The second-order valence-electron chi connectivity index (χ2n) is 7.17. The molecule has 0 spiro atoms. The Kier molecular flexibility index (Phi) is 5.13. The topological polar surface area (TPSA) is 58.7 Å². The number of aromatic nitrogens is 1. The van der Waals surface area contributed by atoms with Gasteiger partial charge < -0.3 is 4.42 Å². The van der Waals surface area contributed by atoms with E-state index in [4.69, 9.17) is 16.6 Å². The predicted molar refractivity (Wildman–Crippen MR) is 111 cm³/mol. The lowest BCUT2D eigenvalue weighted by molar-refractivity contribution is 0.151. The maximum atomic E-state index is 13.0. The van der Waals surface area contributed by atoms with Crippen LogP contribution in [0.15, 0.2) is 51.8 Å². The lowest BCUT2D eigenvalue weighted by atomic mass is 10.1. The van der Waals surface area contributed by atoms with Gasteiger partial charge in [0.05, 0.1) is 17.1 Å². The van der Waals surface area contributed by atoms with Crippen LogP contribution in [0.5, 0.6) is 0 Å². The van der Waals surface area contributed by atoms with E-state index in [-0.39, 0.29) is 0 Å². The smallest absolute Gasteiger partial charge is 0.270 e. The molecular formula is C20H23N3O3S2. The summed E-state index contributed by atoms with van der Waals surface area (Å²) >= 11 is 5.35. The molecule has 0 bridgehead atoms. The summed E-state index contributed by atoms with van der Waals surface area (Å²) in [6.07, 6.45) is 0. The highest BCUT2D eigenvalue weighted by molar-refractivity contribution is 7.89. The normalized spacial score (nSPS) is 16.6. The average Bonchev–Trinajstić information content (AvgIpc) is 3.00. The van der Waals surface area contributed by atoms with Gasteiger partial charge in [0.15, 0.2) is 5.58 Å². The van der Waals surface area contributed by atoms with Gasteiger partial charge in [0.2, 0.25) is 10.0 Å². The van der Waals surface area contributed by atoms with E-state index in [2.05, 4.69) is 4.90 Å². The Morgan fingerprint density at radius 3 is 2.43 bits per heavy atom. The number of para-hydroxylation sites is 2. The average molecular weight is 418 g/mol. The molecule has 8 heteroatoms. The Labute approximate surface area is 170 Å². The number of piperazine rings is 1. The van der Waals surface area contributed by atoms with Crippen molar-refractivity contribution >= 4 is 33.3 Å². The van der Waals surface area contributed by atoms with Crippen molar-refractivity contribution in [2.45, 2.75) is 25.4 Å². The Balaban J connectivity index is 1.47. The van der Waals surface area contributed by atoms with Crippen LogP contribution in [0.4, 0.5) is 0 Å². The second kappa shape index (κ2) is 7.44. The first kappa shape index (κ1) is 19.3. The third kappa shape index (κ3) is 3.53. The van der Waals surface area contributed by atoms with Gasteiger partial charge in [-0.15, -0.1) is 0 Å². The molecule has 148 valence electrons. The van der Waals surface area contributed by atoms with Crippen molar-refractivity contribution in [2.75, 3.05) is 26.2 Å². The van der Waals surface area contributed by atoms with Gasteiger partial charge in [-0.05, 0) is 61.5 Å². The molecule has 1 aliphatic heterocycles. The van der Waals surface area contributed by atoms with Gasteiger partial charge in [-0.1, -0.05) is 18.2 Å². The van der Waals surface area contributed by atoms with E-state index < -0.39 is 10.0 Å². The number of rotatable bonds is 4. The molecular weight excluding hydrogens is 394 g/mol. The largest absolute Gasteiger partial charge is 0.429 e. The van der Waals surface area contributed by atoms with Gasteiger partial charge in [-0.2, -0.15) is 4.31 Å². The predicted octanol–water partition coefficient (Wildman–Crippen LogP) is 3.54. The maximum Gasteiger partial charge on any atom is 0.270 e. The molecule has 1 aromatic heterocycles. The van der Waals surface area contributed by atoms with E-state index >= 15 is 0 Å². The van der Waals surface area contributed by atoms with Crippen molar-refractivity contribution in [2.24, 2.45) is 0 Å². The summed E-state index contributed by atoms with van der Waals surface area (Å²) in [4.78, 5) is 3.00. The number of fused-ring (bicyclic) bond motifs is 1. The third-order valence-corrected chi connectivity index (χ3v) is 7.56. The summed E-state index contributed by atoms with van der Waals surface area (Å²) in [6, 6.07) is 13.1. The molecule has 0 N–H and O–H groups in total. The zero-order valence-corrected chi connectivity index (χ0v) is 17.6. The zero-order valence-electron chi connectivity index (χ0n) is 16.0. The quantitative estimate of drug-likeness (QED) is 0.608. The number of aryl methyl sites for hydroxylation is 2. The highest BCUT2D eigenvalue weighted by Crippen LogP contribution is 2.22. The molecule has 1 aliphatic rings. The minimum Gasteiger partial charge on any atom is -0.429 e. The van der Waals surface area contributed by atoms with Gasteiger partial charge in [-0.3, -0.25) is 9.47 Å². The summed E-state index contributed by atoms with van der Waals surface area (Å²) in [6.45, 7) is 6.71. The standard InChI is InChI=1S/C20H23N3O3S2/c1-15-7-8-17(13-16(15)2)28(24,25)22-11-9-21(10-12-22)14-23-18-5-3-4-6-19(18)26-20(23)27/h3-8,13H,9-12,14H2,1-2H3. The highest BCUT2D eigenvalue weighted by Gasteiger charge is 2.29. The van der Waals surface area contributed by atoms with Crippen LogP contribution in [-0.4, -0.2) is 48.4 Å². The number of hydrogen-bond acceptors (Lipinski definition) is 5. The molecule has 0 unspecified atom stereocenters. The van der Waals surface area contributed by atoms with Crippen molar-refractivity contribution < 1.29 is 12.8 Å². The first-order chi connectivity index (χ1) is 13.4. The van der Waals surface area contributed by atoms with E-state index in [1.165, 1.54) is 0 Å². The summed E-state index contributed by atoms with van der Waals surface area (Å²) in [5.74, 6) is 0. The van der Waals surface area contributed by atoms with Crippen LogP contribution in [0.3, 0.4) is 0 Å². The number of oxazole rings is 1. The van der Waals surface area contributed by atoms with Gasteiger partial charge in [0.25, 0.3) is 4.84 Å². The van der Waals surface area contributed by atoms with Gasteiger partial charge in [0.1, 0.15) is 0 Å². The Bertz CT molecular complexity index is 1170. The number of nitrogens with zero attached hydrogens (tertiary/aromatic N) is 3. The summed E-state index contributed by atoms with van der Waals surface area (Å²) in [5.41, 5.74) is 3.80. The highest BCUT2D eigenvalue weighted by atomic mass is 32.2. The monoisotopic (exact) mass is 417 g/mol. The van der Waals surface area contributed by atoms with Crippen LogP contribution >= 0.6 is 12.2 Å². The van der Waals surface area contributed by atoms with Crippen LogP contribution in [0.25, 0.3) is 11.1 Å². The molecule has 1 fully saturated rings. The van der Waals surface area contributed by atoms with Gasteiger partial charge >= 0.3 is 0 Å². The second-order valence-corrected chi connectivity index (χ2v) is 9.46. The van der Waals surface area contributed by atoms with Crippen molar-refractivity contribution in [3.8, 4) is 0 Å². The molecule has 0 atom stereocenters. The molecule has 0 aliphatic carbocycles. The van der Waals surface area contributed by atoms with Crippen molar-refractivity contribution in [3.63, 3.8) is 0 Å². The molecule has 4 rings (SSSR count). The minimum atomic E-state index is -3.47. The fourth-order valence-corrected chi connectivity index (χ4v) is 5.24. The number of sulfonamides is 1. The van der Waals surface area contributed by atoms with Crippen molar-refractivity contribution in [3.05, 3.63) is 58.4 Å². The van der Waals surface area contributed by atoms with Crippen LogP contribution in [0.1, 0.15) is 11.1 Å². The molecule has 0 radical (unpaired) electrons. The summed E-state index contributed by atoms with van der Waals surface area (Å²) < 4.78 is 35.1. The fourth-order valence-electron chi connectivity index (χ4n) is 3.48. The van der Waals surface area contributed by atoms with Gasteiger partial charge in [-0.25, -0.2) is 8.42 Å². The maximum absolute atomic E-state index is 13.0. The van der Waals surface area contributed by atoms with Gasteiger partial charge in [0, 0.05) is 26.2 Å². The van der Waals surface area contributed by atoms with E-state index in [0.717, 1.165) is 22.2 Å². The lowest BCUT2D eigenvalue weighted by Crippen LogP contribution is -2.48. The molecule has 0 amide bonds. The first-order valence-electron chi connectivity index (χ1n) is 9.24. The zero-order chi connectivity index (χ0) is 19.9. The van der Waals surface area contributed by atoms with E-state index in [1.807, 2.05) is 48.7 Å². The fraction of sp³-hybridized carbons (Fsp3) is 0.350. The lowest BCUT2D eigenvalue weighted by Gasteiger charge is -2.34. The summed E-state index contributed by atoms with van der Waals surface area (Å²) in [5, 5.41) is 0. The molecule has 2 heterocycles. The number of hydrogen-bond donors (Lipinski definition) is 0. The minimum absolute atomic E-state index is 0.368. The van der Waals surface area contributed by atoms with Crippen molar-refractivity contribution in [1.29, 1.82) is 0 Å². The Morgan fingerprint density at radius 1 is 1.00 bits per heavy atom. The van der Waals surface area contributed by atoms with E-state index in [0.29, 0.717) is 42.6 Å². The third-order valence-electron chi connectivity index (χ3n) is 5.36. The SMILES string of the molecule is Cc1ccc(S(=O)(=O)N2CCN(Cn3c(=S)oc4ccccc43)CC2)cc1C. The van der Waals surface area contributed by atoms with Crippen LogP contribution in [0, 0.1) is 18.7 Å². The molecule has 6 nitrogen and oxygen atoms in total. The summed E-state index contributed by atoms with van der Waals surface area (Å²) in [7, 11) is -3.47. The molecule has 28 heavy (non-hydrogen) atoms.